The third kappa shape index (κ3) is 4.39. The van der Waals surface area contributed by atoms with Crippen LogP contribution in [-0.2, 0) is 14.4 Å². The van der Waals surface area contributed by atoms with Gasteiger partial charge in [0.15, 0.2) is 0 Å². The number of hydrogen-bond acceptors (Lipinski definition) is 4. The Morgan fingerprint density at radius 2 is 2.00 bits per heavy atom. The number of likely N-dealkylation sites (tertiary alicyclic amines) is 1. The molecular formula is C18H30N4O3. The summed E-state index contributed by atoms with van der Waals surface area (Å²) in [4.78, 5) is 42.4. The first-order chi connectivity index (χ1) is 11.8. The smallest absolute Gasteiger partial charge is 0.234 e. The Morgan fingerprint density at radius 3 is 2.60 bits per heavy atom. The molecule has 2 aliphatic heterocycles. The maximum absolute atomic E-state index is 13.0. The fraction of sp³-hybridized carbons (Fsp3) is 0.722. The number of hydrogen-bond donors (Lipinski definition) is 1. The molecule has 7 heteroatoms. The molecule has 2 heterocycles. The summed E-state index contributed by atoms with van der Waals surface area (Å²) < 4.78 is 0. The van der Waals surface area contributed by atoms with E-state index in [0.29, 0.717) is 32.7 Å². The van der Waals surface area contributed by atoms with Crippen molar-refractivity contribution in [1.82, 2.24) is 20.0 Å². The average Bonchev–Trinajstić information content (AvgIpc) is 2.75. The van der Waals surface area contributed by atoms with Gasteiger partial charge in [-0.2, -0.15) is 0 Å². The third-order valence-corrected chi connectivity index (χ3v) is 5.48. The molecule has 0 saturated carbocycles. The van der Waals surface area contributed by atoms with Gasteiger partial charge in [-0.25, -0.2) is 0 Å². The lowest BCUT2D eigenvalue weighted by molar-refractivity contribution is -0.137. The van der Waals surface area contributed by atoms with Gasteiger partial charge in [0, 0.05) is 51.7 Å². The molecule has 1 N–H and O–H groups in total. The zero-order valence-corrected chi connectivity index (χ0v) is 15.6. The molecular weight excluding hydrogens is 320 g/mol. The van der Waals surface area contributed by atoms with E-state index in [1.807, 2.05) is 18.7 Å². The Morgan fingerprint density at radius 1 is 1.28 bits per heavy atom. The van der Waals surface area contributed by atoms with Gasteiger partial charge in [-0.1, -0.05) is 6.08 Å². The molecule has 25 heavy (non-hydrogen) atoms. The van der Waals surface area contributed by atoms with E-state index in [4.69, 9.17) is 0 Å². The maximum atomic E-state index is 13.0. The average molecular weight is 350 g/mol. The molecule has 2 saturated heterocycles. The number of nitrogens with zero attached hydrogens (tertiary/aromatic N) is 3. The molecule has 0 aromatic rings. The molecule has 2 aliphatic rings. The van der Waals surface area contributed by atoms with Crippen LogP contribution < -0.4 is 5.32 Å². The second-order valence-corrected chi connectivity index (χ2v) is 7.41. The van der Waals surface area contributed by atoms with E-state index in [1.54, 1.807) is 18.0 Å². The van der Waals surface area contributed by atoms with Gasteiger partial charge >= 0.3 is 0 Å². The number of carbonyl (C=O) groups is 3. The molecule has 0 bridgehead atoms. The van der Waals surface area contributed by atoms with Gasteiger partial charge in [-0.3, -0.25) is 19.3 Å². The summed E-state index contributed by atoms with van der Waals surface area (Å²) >= 11 is 0. The van der Waals surface area contributed by atoms with Crippen molar-refractivity contribution >= 4 is 17.7 Å². The van der Waals surface area contributed by atoms with Gasteiger partial charge in [-0.05, 0) is 20.3 Å². The van der Waals surface area contributed by atoms with E-state index >= 15 is 0 Å². The lowest BCUT2D eigenvalue weighted by Gasteiger charge is -2.35. The lowest BCUT2D eigenvalue weighted by Crippen LogP contribution is -2.49. The van der Waals surface area contributed by atoms with Gasteiger partial charge in [0.05, 0.1) is 12.5 Å². The second kappa shape index (κ2) is 7.99. The standard InChI is InChI=1S/C18H30N4O3/c1-5-7-19-15(23)13-21-8-6-9-22(11-10-21)17(25)14-12-16(24)20(4)18(14,2)3/h5,14H,1,6-13H2,2-4H3,(H,19,23). The highest BCUT2D eigenvalue weighted by Crippen LogP contribution is 2.35. The van der Waals surface area contributed by atoms with E-state index in [9.17, 15) is 14.4 Å². The van der Waals surface area contributed by atoms with Crippen molar-refractivity contribution < 1.29 is 14.4 Å². The number of carbonyl (C=O) groups excluding carboxylic acids is 3. The minimum atomic E-state index is -0.454. The van der Waals surface area contributed by atoms with E-state index in [2.05, 4.69) is 16.8 Å². The Kier molecular flexibility index (Phi) is 6.21. The minimum Gasteiger partial charge on any atom is -0.352 e. The molecule has 0 radical (unpaired) electrons. The Balaban J connectivity index is 1.92. The van der Waals surface area contributed by atoms with Gasteiger partial charge in [0.25, 0.3) is 0 Å². The van der Waals surface area contributed by atoms with E-state index in [0.717, 1.165) is 13.0 Å². The van der Waals surface area contributed by atoms with Crippen LogP contribution in [0.1, 0.15) is 26.7 Å². The van der Waals surface area contributed by atoms with Crippen LogP contribution in [0.2, 0.25) is 0 Å². The van der Waals surface area contributed by atoms with Crippen molar-refractivity contribution in [1.29, 1.82) is 0 Å². The second-order valence-electron chi connectivity index (χ2n) is 7.41. The predicted octanol–water partition coefficient (Wildman–Crippen LogP) is 0.0798. The van der Waals surface area contributed by atoms with Crippen LogP contribution in [0.4, 0.5) is 0 Å². The summed E-state index contributed by atoms with van der Waals surface area (Å²) in [5.74, 6) is -0.240. The lowest BCUT2D eigenvalue weighted by atomic mass is 9.87. The summed E-state index contributed by atoms with van der Waals surface area (Å²) in [7, 11) is 1.77. The van der Waals surface area contributed by atoms with Crippen molar-refractivity contribution in [3.8, 4) is 0 Å². The Hall–Kier alpha value is -1.89. The SMILES string of the molecule is C=CCNC(=O)CN1CCCN(C(=O)C2CC(=O)N(C)C2(C)C)CC1. The van der Waals surface area contributed by atoms with E-state index in [-0.39, 0.29) is 30.1 Å². The first-order valence-corrected chi connectivity index (χ1v) is 8.92. The number of rotatable bonds is 5. The highest BCUT2D eigenvalue weighted by atomic mass is 16.2. The molecule has 2 fully saturated rings. The first-order valence-electron chi connectivity index (χ1n) is 8.92. The molecule has 1 unspecified atom stereocenters. The summed E-state index contributed by atoms with van der Waals surface area (Å²) in [6.45, 7) is 11.0. The van der Waals surface area contributed by atoms with Gasteiger partial charge in [0.2, 0.25) is 17.7 Å². The summed E-state index contributed by atoms with van der Waals surface area (Å²) in [6.07, 6.45) is 2.77. The summed E-state index contributed by atoms with van der Waals surface area (Å²) in [6, 6.07) is 0. The van der Waals surface area contributed by atoms with E-state index in [1.165, 1.54) is 0 Å². The normalized spacial score (nSPS) is 24.1. The van der Waals surface area contributed by atoms with Crippen LogP contribution in [0.5, 0.6) is 0 Å². The molecule has 140 valence electrons. The molecule has 0 aromatic heterocycles. The molecule has 7 nitrogen and oxygen atoms in total. The van der Waals surface area contributed by atoms with Crippen LogP contribution >= 0.6 is 0 Å². The van der Waals surface area contributed by atoms with Crippen LogP contribution in [0.25, 0.3) is 0 Å². The molecule has 0 aromatic carbocycles. The third-order valence-electron chi connectivity index (χ3n) is 5.48. The van der Waals surface area contributed by atoms with E-state index < -0.39 is 5.54 Å². The summed E-state index contributed by atoms with van der Waals surface area (Å²) in [5, 5.41) is 2.78. The Bertz CT molecular complexity index is 546. The fourth-order valence-corrected chi connectivity index (χ4v) is 3.52. The zero-order valence-electron chi connectivity index (χ0n) is 15.6. The van der Waals surface area contributed by atoms with Gasteiger partial charge in [-0.15, -0.1) is 6.58 Å². The Labute approximate surface area is 150 Å². The van der Waals surface area contributed by atoms with Crippen LogP contribution in [0, 0.1) is 5.92 Å². The van der Waals surface area contributed by atoms with Crippen molar-refractivity contribution in [2.75, 3.05) is 46.3 Å². The molecule has 3 amide bonds. The highest BCUT2D eigenvalue weighted by Gasteiger charge is 2.49. The quantitative estimate of drug-likeness (QED) is 0.713. The first kappa shape index (κ1) is 19.4. The minimum absolute atomic E-state index is 0.0242. The van der Waals surface area contributed by atoms with Crippen molar-refractivity contribution in [2.24, 2.45) is 5.92 Å². The van der Waals surface area contributed by atoms with Crippen LogP contribution in [0.3, 0.4) is 0 Å². The monoisotopic (exact) mass is 350 g/mol. The van der Waals surface area contributed by atoms with Crippen LogP contribution in [0.15, 0.2) is 12.7 Å². The number of amides is 3. The van der Waals surface area contributed by atoms with Crippen molar-refractivity contribution in [3.05, 3.63) is 12.7 Å². The van der Waals surface area contributed by atoms with Crippen molar-refractivity contribution in [2.45, 2.75) is 32.2 Å². The van der Waals surface area contributed by atoms with Gasteiger partial charge in [0.1, 0.15) is 0 Å². The highest BCUT2D eigenvalue weighted by molar-refractivity contribution is 5.91. The predicted molar refractivity (Wildman–Crippen MR) is 95.8 cm³/mol. The maximum Gasteiger partial charge on any atom is 0.234 e. The topological polar surface area (TPSA) is 73.0 Å². The molecule has 0 aliphatic carbocycles. The number of nitrogens with one attached hydrogen (secondary N) is 1. The fourth-order valence-electron chi connectivity index (χ4n) is 3.52. The van der Waals surface area contributed by atoms with Crippen LogP contribution in [-0.4, -0.2) is 84.3 Å². The van der Waals surface area contributed by atoms with Gasteiger partial charge < -0.3 is 15.1 Å². The summed E-state index contributed by atoms with van der Waals surface area (Å²) in [5.41, 5.74) is -0.454. The molecule has 0 spiro atoms. The molecule has 2 rings (SSSR count). The largest absolute Gasteiger partial charge is 0.352 e. The van der Waals surface area contributed by atoms with Crippen molar-refractivity contribution in [3.63, 3.8) is 0 Å². The molecule has 1 atom stereocenters. The zero-order chi connectivity index (χ0) is 18.6.